The second kappa shape index (κ2) is 8.23. The first kappa shape index (κ1) is 14.4. The minimum Gasteiger partial charge on any atom is -0.381 e. The Morgan fingerprint density at radius 1 is 1.26 bits per heavy atom. The molecule has 1 heterocycles. The molecule has 1 N–H and O–H groups in total. The molecule has 2 rings (SSSR count). The molecule has 3 nitrogen and oxygen atoms in total. The zero-order valence-electron chi connectivity index (χ0n) is 11.1. The predicted molar refractivity (Wildman–Crippen MR) is 78.3 cm³/mol. The molecule has 0 bridgehead atoms. The van der Waals surface area contributed by atoms with Gasteiger partial charge in [0.1, 0.15) is 0 Å². The van der Waals surface area contributed by atoms with Crippen LogP contribution in [-0.4, -0.2) is 31.4 Å². The first-order valence-electron chi connectivity index (χ1n) is 6.89. The summed E-state index contributed by atoms with van der Waals surface area (Å²) in [6.45, 7) is 2.22. The molecule has 4 heteroatoms. The number of carbonyl (C=O) groups is 1. The molecule has 0 aromatic heterocycles. The van der Waals surface area contributed by atoms with Crippen LogP contribution in [0.3, 0.4) is 0 Å². The van der Waals surface area contributed by atoms with Gasteiger partial charge in [-0.1, -0.05) is 18.2 Å². The summed E-state index contributed by atoms with van der Waals surface area (Å²) in [5.74, 6) is 1.40. The van der Waals surface area contributed by atoms with Gasteiger partial charge >= 0.3 is 0 Å². The average Bonchev–Trinajstić information content (AvgIpc) is 2.49. The fraction of sp³-hybridized carbons (Fsp3) is 0.533. The zero-order valence-corrected chi connectivity index (χ0v) is 12.0. The van der Waals surface area contributed by atoms with Crippen LogP contribution in [0.15, 0.2) is 35.2 Å². The molecule has 0 aliphatic carbocycles. The molecule has 0 radical (unpaired) electrons. The number of hydrogen-bond acceptors (Lipinski definition) is 3. The average molecular weight is 279 g/mol. The van der Waals surface area contributed by atoms with Gasteiger partial charge in [-0.15, -0.1) is 11.8 Å². The molecule has 1 saturated heterocycles. The minimum atomic E-state index is 0.163. The van der Waals surface area contributed by atoms with E-state index in [4.69, 9.17) is 4.74 Å². The molecule has 0 unspecified atom stereocenters. The van der Waals surface area contributed by atoms with Gasteiger partial charge in [0, 0.05) is 30.6 Å². The maximum Gasteiger partial charge on any atom is 0.223 e. The Labute approximate surface area is 119 Å². The Balaban J connectivity index is 1.55. The smallest absolute Gasteiger partial charge is 0.223 e. The third-order valence-electron chi connectivity index (χ3n) is 3.22. The Kier molecular flexibility index (Phi) is 6.24. The third kappa shape index (κ3) is 5.25. The lowest BCUT2D eigenvalue weighted by Crippen LogP contribution is -2.34. The van der Waals surface area contributed by atoms with E-state index in [0.717, 1.165) is 44.8 Å². The maximum atomic E-state index is 11.9. The molecule has 0 saturated carbocycles. The molecular formula is C15H21NO2S. The lowest BCUT2D eigenvalue weighted by atomic mass is 9.99. The van der Waals surface area contributed by atoms with Crippen molar-refractivity contribution in [3.8, 4) is 0 Å². The van der Waals surface area contributed by atoms with E-state index in [2.05, 4.69) is 29.6 Å². The Morgan fingerprint density at radius 2 is 2.00 bits per heavy atom. The normalized spacial score (nSPS) is 16.2. The van der Waals surface area contributed by atoms with Gasteiger partial charge in [-0.3, -0.25) is 4.79 Å². The summed E-state index contributed by atoms with van der Waals surface area (Å²) in [6.07, 6.45) is 2.74. The van der Waals surface area contributed by atoms with Crippen molar-refractivity contribution in [2.24, 2.45) is 5.92 Å². The molecule has 1 aliphatic rings. The van der Waals surface area contributed by atoms with Crippen molar-refractivity contribution in [2.45, 2.75) is 24.2 Å². The summed E-state index contributed by atoms with van der Waals surface area (Å²) in [5.41, 5.74) is 0. The van der Waals surface area contributed by atoms with Crippen molar-refractivity contribution < 1.29 is 9.53 Å². The van der Waals surface area contributed by atoms with E-state index in [9.17, 15) is 4.79 Å². The Hall–Kier alpha value is -1.00. The zero-order chi connectivity index (χ0) is 13.3. The first-order valence-corrected chi connectivity index (χ1v) is 7.88. The molecule has 104 valence electrons. The molecule has 1 fully saturated rings. The number of nitrogens with one attached hydrogen (secondary N) is 1. The van der Waals surface area contributed by atoms with Crippen LogP contribution in [-0.2, 0) is 9.53 Å². The Bertz CT molecular complexity index is 377. The number of rotatable bonds is 6. The van der Waals surface area contributed by atoms with E-state index in [-0.39, 0.29) is 11.8 Å². The number of hydrogen-bond donors (Lipinski definition) is 1. The van der Waals surface area contributed by atoms with Crippen LogP contribution in [0.2, 0.25) is 0 Å². The molecule has 1 amide bonds. The predicted octanol–water partition coefficient (Wildman–Crippen LogP) is 2.71. The van der Waals surface area contributed by atoms with Crippen molar-refractivity contribution in [3.63, 3.8) is 0 Å². The molecule has 0 atom stereocenters. The van der Waals surface area contributed by atoms with Crippen molar-refractivity contribution in [2.75, 3.05) is 25.5 Å². The van der Waals surface area contributed by atoms with E-state index in [1.165, 1.54) is 4.90 Å². The van der Waals surface area contributed by atoms with E-state index in [0.29, 0.717) is 0 Å². The van der Waals surface area contributed by atoms with Crippen molar-refractivity contribution in [3.05, 3.63) is 30.3 Å². The second-order valence-corrected chi connectivity index (χ2v) is 5.86. The number of benzene rings is 1. The molecule has 0 spiro atoms. The largest absolute Gasteiger partial charge is 0.381 e. The van der Waals surface area contributed by atoms with Crippen LogP contribution in [0.5, 0.6) is 0 Å². The second-order valence-electron chi connectivity index (χ2n) is 4.69. The van der Waals surface area contributed by atoms with Crippen LogP contribution in [0.25, 0.3) is 0 Å². The highest BCUT2D eigenvalue weighted by atomic mass is 32.2. The monoisotopic (exact) mass is 279 g/mol. The number of amides is 1. The SMILES string of the molecule is O=C(NCCCSc1ccccc1)C1CCOCC1. The Morgan fingerprint density at radius 3 is 2.74 bits per heavy atom. The fourth-order valence-electron chi connectivity index (χ4n) is 2.09. The summed E-state index contributed by atoms with van der Waals surface area (Å²) < 4.78 is 5.26. The summed E-state index contributed by atoms with van der Waals surface area (Å²) >= 11 is 1.84. The summed E-state index contributed by atoms with van der Waals surface area (Å²) in [4.78, 5) is 13.1. The summed E-state index contributed by atoms with van der Waals surface area (Å²) in [6, 6.07) is 10.4. The van der Waals surface area contributed by atoms with Crippen molar-refractivity contribution in [1.29, 1.82) is 0 Å². The van der Waals surface area contributed by atoms with Crippen LogP contribution in [0.4, 0.5) is 0 Å². The number of thioether (sulfide) groups is 1. The van der Waals surface area contributed by atoms with Gasteiger partial charge < -0.3 is 10.1 Å². The lowest BCUT2D eigenvalue weighted by Gasteiger charge is -2.21. The van der Waals surface area contributed by atoms with Crippen LogP contribution in [0.1, 0.15) is 19.3 Å². The highest BCUT2D eigenvalue weighted by Crippen LogP contribution is 2.17. The summed E-state index contributed by atoms with van der Waals surface area (Å²) in [5, 5.41) is 3.03. The molecular weight excluding hydrogens is 258 g/mol. The van der Waals surface area contributed by atoms with Gasteiger partial charge in [0.05, 0.1) is 0 Å². The van der Waals surface area contributed by atoms with Crippen LogP contribution < -0.4 is 5.32 Å². The summed E-state index contributed by atoms with van der Waals surface area (Å²) in [7, 11) is 0. The van der Waals surface area contributed by atoms with Crippen molar-refractivity contribution in [1.82, 2.24) is 5.32 Å². The molecule has 1 aliphatic heterocycles. The van der Waals surface area contributed by atoms with Crippen molar-refractivity contribution >= 4 is 17.7 Å². The van der Waals surface area contributed by atoms with Crippen LogP contribution in [0, 0.1) is 5.92 Å². The molecule has 19 heavy (non-hydrogen) atoms. The lowest BCUT2D eigenvalue weighted by molar-refractivity contribution is -0.127. The van der Waals surface area contributed by atoms with Crippen LogP contribution >= 0.6 is 11.8 Å². The van der Waals surface area contributed by atoms with E-state index >= 15 is 0 Å². The minimum absolute atomic E-state index is 0.163. The third-order valence-corrected chi connectivity index (χ3v) is 4.32. The van der Waals surface area contributed by atoms with Gasteiger partial charge in [0.15, 0.2) is 0 Å². The van der Waals surface area contributed by atoms with Gasteiger partial charge in [0.25, 0.3) is 0 Å². The van der Waals surface area contributed by atoms with E-state index in [1.807, 2.05) is 17.8 Å². The molecule has 1 aromatic rings. The standard InChI is InChI=1S/C15H21NO2S/c17-15(13-7-10-18-11-8-13)16-9-4-12-19-14-5-2-1-3-6-14/h1-3,5-6,13H,4,7-12H2,(H,16,17). The highest BCUT2D eigenvalue weighted by molar-refractivity contribution is 7.99. The van der Waals surface area contributed by atoms with Gasteiger partial charge in [-0.25, -0.2) is 0 Å². The van der Waals surface area contributed by atoms with Gasteiger partial charge in [0.2, 0.25) is 5.91 Å². The molecule has 1 aromatic carbocycles. The van der Waals surface area contributed by atoms with Gasteiger partial charge in [-0.05, 0) is 37.1 Å². The number of carbonyl (C=O) groups excluding carboxylic acids is 1. The number of ether oxygens (including phenoxy) is 1. The highest BCUT2D eigenvalue weighted by Gasteiger charge is 2.20. The van der Waals surface area contributed by atoms with E-state index in [1.54, 1.807) is 0 Å². The van der Waals surface area contributed by atoms with E-state index < -0.39 is 0 Å². The maximum absolute atomic E-state index is 11.9. The first-order chi connectivity index (χ1) is 9.36. The topological polar surface area (TPSA) is 38.3 Å². The van der Waals surface area contributed by atoms with Gasteiger partial charge in [-0.2, -0.15) is 0 Å². The fourth-order valence-corrected chi connectivity index (χ4v) is 2.97. The quantitative estimate of drug-likeness (QED) is 0.643.